The Morgan fingerprint density at radius 2 is 1.80 bits per heavy atom. The molecular weight excluding hydrogens is 324 g/mol. The Morgan fingerprint density at radius 1 is 1.08 bits per heavy atom. The highest BCUT2D eigenvalue weighted by atomic mass is 16.5. The lowest BCUT2D eigenvalue weighted by atomic mass is 9.96. The number of aryl methyl sites for hydroxylation is 1. The van der Waals surface area contributed by atoms with Crippen molar-refractivity contribution in [2.75, 3.05) is 7.11 Å². The molecule has 0 amide bonds. The molecule has 0 fully saturated rings. The molecule has 128 valence electrons. The van der Waals surface area contributed by atoms with E-state index in [2.05, 4.69) is 0 Å². The Bertz CT molecular complexity index is 1060. The van der Waals surface area contributed by atoms with Gasteiger partial charge < -0.3 is 19.4 Å². The fourth-order valence-corrected chi connectivity index (χ4v) is 2.90. The predicted octanol–water partition coefficient (Wildman–Crippen LogP) is 3.39. The third-order valence-electron chi connectivity index (χ3n) is 4.04. The third-order valence-corrected chi connectivity index (χ3v) is 4.04. The number of aromatic hydroxyl groups is 2. The number of methoxy groups -OCH3 is 1. The van der Waals surface area contributed by atoms with Crippen molar-refractivity contribution in [3.63, 3.8) is 0 Å². The lowest BCUT2D eigenvalue weighted by Gasteiger charge is -2.15. The number of carbonyl (C=O) groups excluding carboxylic acids is 1. The Balaban J connectivity index is 2.48. The molecule has 6 nitrogen and oxygen atoms in total. The summed E-state index contributed by atoms with van der Waals surface area (Å²) in [6.45, 7) is 2.91. The molecule has 1 heterocycles. The van der Waals surface area contributed by atoms with Crippen molar-refractivity contribution >= 4 is 16.8 Å². The van der Waals surface area contributed by atoms with Crippen molar-refractivity contribution in [1.82, 2.24) is 0 Å². The molecule has 0 spiro atoms. The first-order valence-electron chi connectivity index (χ1n) is 7.53. The number of Topliss-reactive ketones (excluding diaryl/α,β-unsaturated/α-hetero) is 1. The number of hydrogen-bond donors (Lipinski definition) is 2. The summed E-state index contributed by atoms with van der Waals surface area (Å²) < 4.78 is 10.9. The highest BCUT2D eigenvalue weighted by Gasteiger charge is 2.24. The van der Waals surface area contributed by atoms with Crippen LogP contribution in [-0.2, 0) is 0 Å². The minimum absolute atomic E-state index is 0.0647. The van der Waals surface area contributed by atoms with E-state index in [-0.39, 0.29) is 56.5 Å². The maximum absolute atomic E-state index is 13.0. The zero-order chi connectivity index (χ0) is 18.3. The van der Waals surface area contributed by atoms with Crippen molar-refractivity contribution in [3.05, 3.63) is 51.9 Å². The van der Waals surface area contributed by atoms with E-state index in [0.717, 1.165) is 0 Å². The van der Waals surface area contributed by atoms with Gasteiger partial charge in [0.15, 0.2) is 17.1 Å². The van der Waals surface area contributed by atoms with Crippen molar-refractivity contribution in [1.29, 1.82) is 0 Å². The number of fused-ring (bicyclic) bond motifs is 1. The summed E-state index contributed by atoms with van der Waals surface area (Å²) in [5.74, 6) is -0.344. The van der Waals surface area contributed by atoms with Gasteiger partial charge in [0, 0.05) is 0 Å². The van der Waals surface area contributed by atoms with Crippen LogP contribution in [0.2, 0.25) is 0 Å². The van der Waals surface area contributed by atoms with E-state index in [9.17, 15) is 19.8 Å². The van der Waals surface area contributed by atoms with Gasteiger partial charge in [0.1, 0.15) is 17.3 Å². The van der Waals surface area contributed by atoms with Crippen LogP contribution in [-0.4, -0.2) is 23.1 Å². The first kappa shape index (κ1) is 16.6. The minimum atomic E-state index is -0.441. The summed E-state index contributed by atoms with van der Waals surface area (Å²) in [4.78, 5) is 24.8. The molecule has 0 aliphatic carbocycles. The quantitative estimate of drug-likeness (QED) is 0.709. The zero-order valence-electron chi connectivity index (χ0n) is 13.9. The van der Waals surface area contributed by atoms with Crippen LogP contribution in [0.4, 0.5) is 0 Å². The van der Waals surface area contributed by atoms with Gasteiger partial charge in [-0.1, -0.05) is 6.07 Å². The summed E-state index contributed by atoms with van der Waals surface area (Å²) in [5.41, 5.74) is 0.0335. The number of phenols is 2. The lowest BCUT2D eigenvalue weighted by molar-refractivity contribution is 0.101. The number of ketones is 1. The lowest BCUT2D eigenvalue weighted by Crippen LogP contribution is -2.10. The second-order valence-electron chi connectivity index (χ2n) is 5.61. The SMILES string of the molecule is COc1c(C(C)=O)ccc(O)c1-c1c(C)oc2c(O)cccc2c1=O. The molecule has 0 aliphatic rings. The largest absolute Gasteiger partial charge is 0.507 e. The number of ether oxygens (including phenoxy) is 1. The smallest absolute Gasteiger partial charge is 0.201 e. The molecular formula is C19H16O6. The molecule has 0 unspecified atom stereocenters. The minimum Gasteiger partial charge on any atom is -0.507 e. The third kappa shape index (κ3) is 2.52. The first-order valence-corrected chi connectivity index (χ1v) is 7.53. The summed E-state index contributed by atoms with van der Waals surface area (Å²) in [6, 6.07) is 7.22. The molecule has 0 bridgehead atoms. The van der Waals surface area contributed by atoms with Gasteiger partial charge in [0.25, 0.3) is 0 Å². The Labute approximate surface area is 142 Å². The predicted molar refractivity (Wildman–Crippen MR) is 92.5 cm³/mol. The van der Waals surface area contributed by atoms with Crippen molar-refractivity contribution in [3.8, 4) is 28.4 Å². The van der Waals surface area contributed by atoms with E-state index in [1.54, 1.807) is 6.92 Å². The van der Waals surface area contributed by atoms with Crippen LogP contribution in [0, 0.1) is 6.92 Å². The zero-order valence-corrected chi connectivity index (χ0v) is 13.9. The Hall–Kier alpha value is -3.28. The normalized spacial score (nSPS) is 10.8. The fraction of sp³-hybridized carbons (Fsp3) is 0.158. The molecule has 25 heavy (non-hydrogen) atoms. The van der Waals surface area contributed by atoms with Crippen LogP contribution < -0.4 is 10.2 Å². The van der Waals surface area contributed by atoms with Gasteiger partial charge in [0.05, 0.1) is 29.2 Å². The topological polar surface area (TPSA) is 97.0 Å². The molecule has 0 atom stereocenters. The summed E-state index contributed by atoms with van der Waals surface area (Å²) >= 11 is 0. The molecule has 0 radical (unpaired) electrons. The molecule has 3 rings (SSSR count). The Kier molecular flexibility index (Phi) is 3.96. The monoisotopic (exact) mass is 340 g/mol. The van der Waals surface area contributed by atoms with Crippen LogP contribution in [0.25, 0.3) is 22.1 Å². The second-order valence-corrected chi connectivity index (χ2v) is 5.61. The maximum Gasteiger partial charge on any atom is 0.201 e. The molecule has 2 aromatic carbocycles. The van der Waals surface area contributed by atoms with Crippen molar-refractivity contribution < 1.29 is 24.2 Å². The average Bonchev–Trinajstić information content (AvgIpc) is 2.56. The molecule has 6 heteroatoms. The molecule has 0 saturated heterocycles. The first-order chi connectivity index (χ1) is 11.9. The van der Waals surface area contributed by atoms with Crippen LogP contribution in [0.3, 0.4) is 0 Å². The molecule has 1 aromatic heterocycles. The molecule has 2 N–H and O–H groups in total. The number of phenolic OH excluding ortho intramolecular Hbond substituents is 2. The van der Waals surface area contributed by atoms with E-state index in [1.807, 2.05) is 0 Å². The van der Waals surface area contributed by atoms with Gasteiger partial charge in [-0.25, -0.2) is 0 Å². The van der Waals surface area contributed by atoms with Gasteiger partial charge >= 0.3 is 0 Å². The van der Waals surface area contributed by atoms with Gasteiger partial charge in [-0.15, -0.1) is 0 Å². The summed E-state index contributed by atoms with van der Waals surface area (Å²) in [7, 11) is 1.36. The van der Waals surface area contributed by atoms with Crippen LogP contribution in [0.15, 0.2) is 39.5 Å². The second kappa shape index (κ2) is 5.98. The van der Waals surface area contributed by atoms with E-state index >= 15 is 0 Å². The molecule has 3 aromatic rings. The number of carbonyl (C=O) groups is 1. The number of para-hydroxylation sites is 1. The summed E-state index contributed by atoms with van der Waals surface area (Å²) in [5, 5.41) is 20.4. The summed E-state index contributed by atoms with van der Waals surface area (Å²) in [6.07, 6.45) is 0. The average molecular weight is 340 g/mol. The van der Waals surface area contributed by atoms with Crippen molar-refractivity contribution in [2.45, 2.75) is 13.8 Å². The number of hydrogen-bond acceptors (Lipinski definition) is 6. The van der Waals surface area contributed by atoms with Gasteiger partial charge in [-0.3, -0.25) is 9.59 Å². The number of rotatable bonds is 3. The highest BCUT2D eigenvalue weighted by Crippen LogP contribution is 2.41. The standard InChI is InChI=1S/C19H16O6/c1-9(20)11-7-8-13(21)16(19(11)24-3)15-10(2)25-18-12(17(15)23)5-4-6-14(18)22/h4-8,21-22H,1-3H3. The van der Waals surface area contributed by atoms with E-state index in [0.29, 0.717) is 0 Å². The molecule has 0 aliphatic heterocycles. The van der Waals surface area contributed by atoms with Crippen LogP contribution in [0.1, 0.15) is 23.0 Å². The van der Waals surface area contributed by atoms with Gasteiger partial charge in [-0.2, -0.15) is 0 Å². The fourth-order valence-electron chi connectivity index (χ4n) is 2.90. The van der Waals surface area contributed by atoms with Crippen LogP contribution in [0.5, 0.6) is 17.2 Å². The van der Waals surface area contributed by atoms with E-state index in [4.69, 9.17) is 9.15 Å². The van der Waals surface area contributed by atoms with Gasteiger partial charge in [-0.05, 0) is 38.1 Å². The van der Waals surface area contributed by atoms with Crippen molar-refractivity contribution in [2.24, 2.45) is 0 Å². The van der Waals surface area contributed by atoms with Gasteiger partial charge in [0.2, 0.25) is 5.43 Å². The molecule has 0 saturated carbocycles. The van der Waals surface area contributed by atoms with E-state index < -0.39 is 5.43 Å². The Morgan fingerprint density at radius 3 is 2.44 bits per heavy atom. The van der Waals surface area contributed by atoms with Crippen LogP contribution >= 0.6 is 0 Å². The maximum atomic E-state index is 13.0. The number of benzene rings is 2. The highest BCUT2D eigenvalue weighted by molar-refractivity contribution is 6.01. The van der Waals surface area contributed by atoms with E-state index in [1.165, 1.54) is 44.4 Å².